The zero-order valence-electron chi connectivity index (χ0n) is 28.9. The topological polar surface area (TPSA) is 56.7 Å². The molecule has 250 valence electrons. The van der Waals surface area contributed by atoms with Crippen molar-refractivity contribution in [2.75, 3.05) is 0 Å². The van der Waals surface area contributed by atoms with E-state index in [9.17, 15) is 0 Å². The van der Waals surface area contributed by atoms with Gasteiger partial charge in [0, 0.05) is 43.4 Å². The SMILES string of the molecule is c1ccc(-c2cccc(-c3nc(-c4ccc5oc6c7cccc8c7c(cc6c5c4)-c4ccccc4-8)nc(-n4c5ccccc5c5ccccc54)n3)c2)cc1. The zero-order valence-corrected chi connectivity index (χ0v) is 28.9. The van der Waals surface area contributed by atoms with Crippen molar-refractivity contribution in [2.45, 2.75) is 0 Å². The Morgan fingerprint density at radius 2 is 0.963 bits per heavy atom. The summed E-state index contributed by atoms with van der Waals surface area (Å²) in [4.78, 5) is 15.7. The second-order valence-corrected chi connectivity index (χ2v) is 14.0. The standard InChI is InChI=1S/C49H28N4O/c1-2-12-29(13-3-1)30-14-10-15-31(26-30)47-50-48(52-49(51-47)53-42-22-8-6-18-35(42)36-19-7-9-23-43(36)53)32-24-25-44-39(27-32)41-28-40-34-17-5-4-16-33(34)37-20-11-21-38(45(37)40)46(41)54-44/h1-28H. The highest BCUT2D eigenvalue weighted by Gasteiger charge is 2.25. The highest BCUT2D eigenvalue weighted by atomic mass is 16.3. The van der Waals surface area contributed by atoms with E-state index in [1.807, 2.05) is 6.07 Å². The van der Waals surface area contributed by atoms with Crippen LogP contribution in [0.2, 0.25) is 0 Å². The highest BCUT2D eigenvalue weighted by Crippen LogP contribution is 2.50. The molecule has 12 rings (SSSR count). The Labute approximate surface area is 309 Å². The lowest BCUT2D eigenvalue weighted by Crippen LogP contribution is -2.06. The van der Waals surface area contributed by atoms with E-state index in [4.69, 9.17) is 19.4 Å². The van der Waals surface area contributed by atoms with Gasteiger partial charge in [-0.25, -0.2) is 4.98 Å². The molecule has 5 heteroatoms. The second-order valence-electron chi connectivity index (χ2n) is 14.0. The summed E-state index contributed by atoms with van der Waals surface area (Å²) < 4.78 is 8.83. The van der Waals surface area contributed by atoms with Crippen LogP contribution in [0.15, 0.2) is 174 Å². The summed E-state index contributed by atoms with van der Waals surface area (Å²) >= 11 is 0. The minimum Gasteiger partial charge on any atom is -0.455 e. The van der Waals surface area contributed by atoms with Gasteiger partial charge in [-0.1, -0.05) is 127 Å². The Kier molecular flexibility index (Phi) is 5.99. The maximum Gasteiger partial charge on any atom is 0.238 e. The maximum atomic E-state index is 6.66. The number of nitrogens with zero attached hydrogens (tertiary/aromatic N) is 4. The Morgan fingerprint density at radius 3 is 1.74 bits per heavy atom. The second kappa shape index (κ2) is 11.1. The molecule has 54 heavy (non-hydrogen) atoms. The number of furan rings is 1. The van der Waals surface area contributed by atoms with Crippen LogP contribution >= 0.6 is 0 Å². The van der Waals surface area contributed by atoms with Gasteiger partial charge in [-0.05, 0) is 75.8 Å². The van der Waals surface area contributed by atoms with Crippen LogP contribution in [0.1, 0.15) is 0 Å². The first-order valence-corrected chi connectivity index (χ1v) is 18.2. The quantitative estimate of drug-likeness (QED) is 0.185. The normalized spacial score (nSPS) is 12.1. The lowest BCUT2D eigenvalue weighted by atomic mass is 9.99. The van der Waals surface area contributed by atoms with Gasteiger partial charge >= 0.3 is 0 Å². The number of fused-ring (bicyclic) bond motifs is 10. The van der Waals surface area contributed by atoms with Crippen molar-refractivity contribution in [2.24, 2.45) is 0 Å². The van der Waals surface area contributed by atoms with Gasteiger partial charge in [0.1, 0.15) is 11.2 Å². The van der Waals surface area contributed by atoms with E-state index >= 15 is 0 Å². The molecule has 0 radical (unpaired) electrons. The third kappa shape index (κ3) is 4.18. The fourth-order valence-corrected chi connectivity index (χ4v) is 8.57. The van der Waals surface area contributed by atoms with Crippen LogP contribution in [0.4, 0.5) is 0 Å². The van der Waals surface area contributed by atoms with E-state index < -0.39 is 0 Å². The van der Waals surface area contributed by atoms with Crippen molar-refractivity contribution in [3.63, 3.8) is 0 Å². The fraction of sp³-hybridized carbons (Fsp3) is 0. The summed E-state index contributed by atoms with van der Waals surface area (Å²) in [7, 11) is 0. The number of para-hydroxylation sites is 2. The summed E-state index contributed by atoms with van der Waals surface area (Å²) in [5.74, 6) is 1.77. The smallest absolute Gasteiger partial charge is 0.238 e. The van der Waals surface area contributed by atoms with Gasteiger partial charge in [-0.2, -0.15) is 9.97 Å². The molecule has 1 aliphatic carbocycles. The van der Waals surface area contributed by atoms with Crippen molar-refractivity contribution >= 4 is 54.5 Å². The molecule has 3 aromatic heterocycles. The minimum absolute atomic E-state index is 0.568. The van der Waals surface area contributed by atoms with E-state index in [2.05, 4.69) is 168 Å². The summed E-state index contributed by atoms with van der Waals surface area (Å²) in [6.07, 6.45) is 0. The molecule has 11 aromatic rings. The van der Waals surface area contributed by atoms with Crippen molar-refractivity contribution in [3.8, 4) is 62.1 Å². The summed E-state index contributed by atoms with van der Waals surface area (Å²) in [6.45, 7) is 0. The molecule has 0 saturated heterocycles. The van der Waals surface area contributed by atoms with Gasteiger partial charge in [0.2, 0.25) is 5.95 Å². The summed E-state index contributed by atoms with van der Waals surface area (Å²) in [5.41, 5.74) is 12.9. The lowest BCUT2D eigenvalue weighted by molar-refractivity contribution is 0.673. The number of aromatic nitrogens is 4. The van der Waals surface area contributed by atoms with E-state index in [0.29, 0.717) is 17.6 Å². The average Bonchev–Trinajstić information content (AvgIpc) is 3.90. The monoisotopic (exact) mass is 688 g/mol. The van der Waals surface area contributed by atoms with Crippen molar-refractivity contribution < 1.29 is 4.42 Å². The predicted octanol–water partition coefficient (Wildman–Crippen LogP) is 12.7. The molecule has 3 heterocycles. The molecular weight excluding hydrogens is 661 g/mol. The Hall–Kier alpha value is -7.37. The van der Waals surface area contributed by atoms with E-state index in [-0.39, 0.29) is 0 Å². The third-order valence-corrected chi connectivity index (χ3v) is 11.0. The van der Waals surface area contributed by atoms with Crippen LogP contribution in [0.3, 0.4) is 0 Å². The van der Waals surface area contributed by atoms with E-state index in [1.165, 1.54) is 27.6 Å². The Morgan fingerprint density at radius 1 is 0.370 bits per heavy atom. The first-order chi connectivity index (χ1) is 26.8. The first-order valence-electron chi connectivity index (χ1n) is 18.2. The Bertz CT molecular complexity index is 3280. The molecule has 0 bridgehead atoms. The Balaban J connectivity index is 1.11. The van der Waals surface area contributed by atoms with Crippen molar-refractivity contribution in [3.05, 3.63) is 170 Å². The molecule has 0 unspecified atom stereocenters. The van der Waals surface area contributed by atoms with Crippen molar-refractivity contribution in [1.29, 1.82) is 0 Å². The van der Waals surface area contributed by atoms with Crippen LogP contribution in [0.5, 0.6) is 0 Å². The molecule has 0 spiro atoms. The van der Waals surface area contributed by atoms with Crippen molar-refractivity contribution in [1.82, 2.24) is 19.5 Å². The highest BCUT2D eigenvalue weighted by molar-refractivity contribution is 6.26. The summed E-state index contributed by atoms with van der Waals surface area (Å²) in [5, 5.41) is 6.79. The molecule has 0 atom stereocenters. The molecule has 8 aromatic carbocycles. The predicted molar refractivity (Wildman–Crippen MR) is 220 cm³/mol. The van der Waals surface area contributed by atoms with Gasteiger partial charge in [-0.3, -0.25) is 4.57 Å². The molecule has 5 nitrogen and oxygen atoms in total. The summed E-state index contributed by atoms with van der Waals surface area (Å²) in [6, 6.07) is 59.6. The zero-order chi connectivity index (χ0) is 35.3. The number of benzene rings is 8. The van der Waals surface area contributed by atoms with Gasteiger partial charge in [0.05, 0.1) is 11.0 Å². The maximum absolute atomic E-state index is 6.66. The van der Waals surface area contributed by atoms with Crippen LogP contribution in [-0.4, -0.2) is 19.5 Å². The molecule has 0 fully saturated rings. The fourth-order valence-electron chi connectivity index (χ4n) is 8.57. The van der Waals surface area contributed by atoms with Gasteiger partial charge in [0.25, 0.3) is 0 Å². The van der Waals surface area contributed by atoms with Crippen LogP contribution in [0, 0.1) is 0 Å². The van der Waals surface area contributed by atoms with Gasteiger partial charge < -0.3 is 4.42 Å². The molecule has 0 aliphatic heterocycles. The largest absolute Gasteiger partial charge is 0.455 e. The molecule has 0 amide bonds. The van der Waals surface area contributed by atoms with E-state index in [0.717, 1.165) is 71.4 Å². The van der Waals surface area contributed by atoms with Crippen LogP contribution in [-0.2, 0) is 0 Å². The van der Waals surface area contributed by atoms with Gasteiger partial charge in [0.15, 0.2) is 11.6 Å². The van der Waals surface area contributed by atoms with Gasteiger partial charge in [-0.15, -0.1) is 0 Å². The van der Waals surface area contributed by atoms with E-state index in [1.54, 1.807) is 0 Å². The van der Waals surface area contributed by atoms with Crippen LogP contribution in [0.25, 0.3) is 117 Å². The first kappa shape index (κ1) is 29.2. The molecule has 0 N–H and O–H groups in total. The number of hydrogen-bond acceptors (Lipinski definition) is 4. The number of rotatable bonds is 4. The lowest BCUT2D eigenvalue weighted by Gasteiger charge is -2.11. The minimum atomic E-state index is 0.568. The van der Waals surface area contributed by atoms with Crippen LogP contribution < -0.4 is 0 Å². The molecule has 0 saturated carbocycles. The number of hydrogen-bond donors (Lipinski definition) is 0. The molecular formula is C49H28N4O. The third-order valence-electron chi connectivity index (χ3n) is 11.0. The molecule has 1 aliphatic rings. The average molecular weight is 689 g/mol.